The minimum Gasteiger partial charge on any atom is -0.496 e. The molecule has 0 radical (unpaired) electrons. The van der Waals surface area contributed by atoms with Crippen LogP contribution in [0.1, 0.15) is 10.4 Å². The molecule has 10 heteroatoms. The van der Waals surface area contributed by atoms with E-state index in [1.807, 2.05) is 24.3 Å². The molecule has 0 aliphatic rings. The zero-order valence-electron chi connectivity index (χ0n) is 17.6. The van der Waals surface area contributed by atoms with Gasteiger partial charge >= 0.3 is 6.01 Å². The molecule has 0 atom stereocenters. The standard InChI is InChI=1S/C22H20N4O5S/c1-26(2)32(28,29)17-10-8-14(9-11-17)21-24-25-22(31-21)23-20(27)18-12-15-6-4-5-7-16(15)13-19(18)30-3/h4-13H,1-3H3,(H,23,25,27). The van der Waals surface area contributed by atoms with E-state index in [1.165, 1.54) is 33.3 Å². The molecule has 164 valence electrons. The third-order valence-electron chi connectivity index (χ3n) is 4.84. The summed E-state index contributed by atoms with van der Waals surface area (Å²) in [5.41, 5.74) is 0.836. The number of anilines is 1. The first-order chi connectivity index (χ1) is 15.3. The number of rotatable bonds is 6. The van der Waals surface area contributed by atoms with Crippen molar-refractivity contribution >= 4 is 32.7 Å². The number of aromatic nitrogens is 2. The Morgan fingerprint density at radius 3 is 2.28 bits per heavy atom. The number of fused-ring (bicyclic) bond motifs is 1. The monoisotopic (exact) mass is 452 g/mol. The minimum absolute atomic E-state index is 0.0924. The number of benzene rings is 3. The van der Waals surface area contributed by atoms with Crippen molar-refractivity contribution in [2.75, 3.05) is 26.5 Å². The smallest absolute Gasteiger partial charge is 0.322 e. The van der Waals surface area contributed by atoms with Crippen LogP contribution in [0.25, 0.3) is 22.2 Å². The maximum Gasteiger partial charge on any atom is 0.322 e. The maximum absolute atomic E-state index is 12.8. The fourth-order valence-electron chi connectivity index (χ4n) is 3.10. The summed E-state index contributed by atoms with van der Waals surface area (Å²) in [7, 11) is 0.868. The molecule has 1 amide bonds. The van der Waals surface area contributed by atoms with Gasteiger partial charge in [-0.3, -0.25) is 10.1 Å². The highest BCUT2D eigenvalue weighted by molar-refractivity contribution is 7.89. The second-order valence-corrected chi connectivity index (χ2v) is 9.23. The Morgan fingerprint density at radius 2 is 1.66 bits per heavy atom. The average molecular weight is 452 g/mol. The van der Waals surface area contributed by atoms with Crippen molar-refractivity contribution < 1.29 is 22.4 Å². The third kappa shape index (κ3) is 4.05. The highest BCUT2D eigenvalue weighted by atomic mass is 32.2. The van der Waals surface area contributed by atoms with E-state index in [-0.39, 0.29) is 16.8 Å². The van der Waals surface area contributed by atoms with Crippen LogP contribution in [0, 0.1) is 0 Å². The van der Waals surface area contributed by atoms with E-state index >= 15 is 0 Å². The Morgan fingerprint density at radius 1 is 1.00 bits per heavy atom. The molecule has 0 saturated carbocycles. The Hall–Kier alpha value is -3.76. The van der Waals surface area contributed by atoms with Crippen molar-refractivity contribution in [2.24, 2.45) is 0 Å². The molecular weight excluding hydrogens is 432 g/mol. The third-order valence-corrected chi connectivity index (χ3v) is 6.67. The molecule has 3 aromatic carbocycles. The minimum atomic E-state index is -3.54. The van der Waals surface area contributed by atoms with Gasteiger partial charge in [0.15, 0.2) is 0 Å². The van der Waals surface area contributed by atoms with Gasteiger partial charge in [0.1, 0.15) is 5.75 Å². The first-order valence-corrected chi connectivity index (χ1v) is 11.0. The summed E-state index contributed by atoms with van der Waals surface area (Å²) in [4.78, 5) is 13.0. The molecule has 0 unspecified atom stereocenters. The zero-order chi connectivity index (χ0) is 22.9. The van der Waals surface area contributed by atoms with Crippen molar-refractivity contribution in [3.8, 4) is 17.2 Å². The van der Waals surface area contributed by atoms with Gasteiger partial charge in [-0.05, 0) is 47.2 Å². The Bertz CT molecular complexity index is 1400. The van der Waals surface area contributed by atoms with Crippen molar-refractivity contribution in [1.82, 2.24) is 14.5 Å². The molecule has 0 spiro atoms. The first-order valence-electron chi connectivity index (χ1n) is 9.54. The highest BCUT2D eigenvalue weighted by Gasteiger charge is 2.19. The lowest BCUT2D eigenvalue weighted by Crippen LogP contribution is -2.22. The Labute approximate surface area is 184 Å². The summed E-state index contributed by atoms with van der Waals surface area (Å²) >= 11 is 0. The van der Waals surface area contributed by atoms with Crippen molar-refractivity contribution in [3.63, 3.8) is 0 Å². The molecule has 4 rings (SSSR count). The molecule has 1 N–H and O–H groups in total. The second kappa shape index (κ2) is 8.40. The second-order valence-electron chi connectivity index (χ2n) is 7.08. The SMILES string of the molecule is COc1cc2ccccc2cc1C(=O)Nc1nnc(-c2ccc(S(=O)(=O)N(C)C)cc2)o1. The van der Waals surface area contributed by atoms with Crippen LogP contribution < -0.4 is 10.1 Å². The number of carbonyl (C=O) groups excluding carboxylic acids is 1. The van der Waals surface area contributed by atoms with Crippen LogP contribution in [-0.2, 0) is 10.0 Å². The topological polar surface area (TPSA) is 115 Å². The predicted molar refractivity (Wildman–Crippen MR) is 119 cm³/mol. The van der Waals surface area contributed by atoms with Gasteiger partial charge in [-0.15, -0.1) is 5.10 Å². The molecule has 0 aliphatic carbocycles. The number of nitrogens with zero attached hydrogens (tertiary/aromatic N) is 3. The number of hydrogen-bond donors (Lipinski definition) is 1. The van der Waals surface area contributed by atoms with Crippen molar-refractivity contribution in [1.29, 1.82) is 0 Å². The van der Waals surface area contributed by atoms with E-state index in [4.69, 9.17) is 9.15 Å². The lowest BCUT2D eigenvalue weighted by Gasteiger charge is -2.11. The van der Waals surface area contributed by atoms with Gasteiger partial charge < -0.3 is 9.15 Å². The number of carbonyl (C=O) groups is 1. The van der Waals surface area contributed by atoms with Crippen LogP contribution in [0.15, 0.2) is 70.0 Å². The van der Waals surface area contributed by atoms with E-state index in [1.54, 1.807) is 24.3 Å². The van der Waals surface area contributed by atoms with Gasteiger partial charge in [-0.25, -0.2) is 12.7 Å². The van der Waals surface area contributed by atoms with Gasteiger partial charge in [-0.2, -0.15) is 0 Å². The van der Waals surface area contributed by atoms with Crippen LogP contribution in [-0.4, -0.2) is 50.0 Å². The molecule has 1 heterocycles. The van der Waals surface area contributed by atoms with Crippen molar-refractivity contribution in [2.45, 2.75) is 4.90 Å². The molecule has 1 aromatic heterocycles. The molecule has 0 aliphatic heterocycles. The summed E-state index contributed by atoms with van der Waals surface area (Å²) in [6, 6.07) is 17.1. The number of amides is 1. The highest BCUT2D eigenvalue weighted by Crippen LogP contribution is 2.27. The van der Waals surface area contributed by atoms with Gasteiger partial charge in [0.05, 0.1) is 17.6 Å². The summed E-state index contributed by atoms with van der Waals surface area (Å²) in [6.07, 6.45) is 0. The average Bonchev–Trinajstić information content (AvgIpc) is 3.26. The van der Waals surface area contributed by atoms with Crippen molar-refractivity contribution in [3.05, 3.63) is 66.2 Å². The van der Waals surface area contributed by atoms with E-state index in [0.29, 0.717) is 16.9 Å². The molecule has 32 heavy (non-hydrogen) atoms. The molecule has 0 bridgehead atoms. The summed E-state index contributed by atoms with van der Waals surface area (Å²) in [6.45, 7) is 0. The fourth-order valence-corrected chi connectivity index (χ4v) is 4.00. The summed E-state index contributed by atoms with van der Waals surface area (Å²) in [5.74, 6) is 0.0911. The predicted octanol–water partition coefficient (Wildman–Crippen LogP) is 3.40. The van der Waals surface area contributed by atoms with Crippen LogP contribution in [0.2, 0.25) is 0 Å². The summed E-state index contributed by atoms with van der Waals surface area (Å²) in [5, 5.41) is 12.2. The van der Waals surface area contributed by atoms with Gasteiger partial charge in [0.2, 0.25) is 15.9 Å². The fraction of sp³-hybridized carbons (Fsp3) is 0.136. The van der Waals surface area contributed by atoms with E-state index in [2.05, 4.69) is 15.5 Å². The van der Waals surface area contributed by atoms with E-state index in [0.717, 1.165) is 15.1 Å². The number of ether oxygens (including phenoxy) is 1. The lowest BCUT2D eigenvalue weighted by atomic mass is 10.1. The zero-order valence-corrected chi connectivity index (χ0v) is 18.4. The Balaban J connectivity index is 1.56. The van der Waals surface area contributed by atoms with Gasteiger partial charge in [-0.1, -0.05) is 29.4 Å². The quantitative estimate of drug-likeness (QED) is 0.477. The number of hydrogen-bond acceptors (Lipinski definition) is 7. The van der Waals surface area contributed by atoms with Gasteiger partial charge in [0.25, 0.3) is 5.91 Å². The maximum atomic E-state index is 12.8. The molecule has 4 aromatic rings. The molecule has 0 saturated heterocycles. The molecule has 0 fully saturated rings. The van der Waals surface area contributed by atoms with Crippen LogP contribution in [0.5, 0.6) is 5.75 Å². The largest absolute Gasteiger partial charge is 0.496 e. The normalized spacial score (nSPS) is 11.6. The van der Waals surface area contributed by atoms with Crippen LogP contribution in [0.4, 0.5) is 6.01 Å². The van der Waals surface area contributed by atoms with Crippen LogP contribution >= 0.6 is 0 Å². The molecular formula is C22H20N4O5S. The van der Waals surface area contributed by atoms with Crippen LogP contribution in [0.3, 0.4) is 0 Å². The first kappa shape index (κ1) is 21.5. The van der Waals surface area contributed by atoms with Gasteiger partial charge in [0, 0.05) is 19.7 Å². The number of methoxy groups -OCH3 is 1. The van der Waals surface area contributed by atoms with E-state index in [9.17, 15) is 13.2 Å². The molecule has 9 nitrogen and oxygen atoms in total. The number of nitrogens with one attached hydrogen (secondary N) is 1. The lowest BCUT2D eigenvalue weighted by molar-refractivity contribution is 0.102. The number of sulfonamides is 1. The Kier molecular flexibility index (Phi) is 5.64. The summed E-state index contributed by atoms with van der Waals surface area (Å²) < 4.78 is 36.4. The van der Waals surface area contributed by atoms with E-state index < -0.39 is 15.9 Å².